The van der Waals surface area contributed by atoms with Gasteiger partial charge >= 0.3 is 5.97 Å². The molecule has 4 rings (SSSR count). The van der Waals surface area contributed by atoms with Crippen molar-refractivity contribution in [3.05, 3.63) is 82.9 Å². The van der Waals surface area contributed by atoms with Gasteiger partial charge in [0.05, 0.1) is 36.1 Å². The highest BCUT2D eigenvalue weighted by molar-refractivity contribution is 7.80. The van der Waals surface area contributed by atoms with E-state index in [9.17, 15) is 4.79 Å². The average molecular weight is 449 g/mol. The van der Waals surface area contributed by atoms with Crippen LogP contribution in [0.1, 0.15) is 58.9 Å². The van der Waals surface area contributed by atoms with Crippen LogP contribution in [0.3, 0.4) is 0 Å². The number of rotatable bonds is 5. The number of thiocarbonyl (C=S) groups is 1. The highest BCUT2D eigenvalue weighted by Gasteiger charge is 2.42. The molecular weight excluding hydrogens is 420 g/mol. The van der Waals surface area contributed by atoms with E-state index in [0.29, 0.717) is 5.56 Å². The number of ether oxygens (including phenoxy) is 1. The predicted octanol–water partition coefficient (Wildman–Crippen LogP) is 4.66. The van der Waals surface area contributed by atoms with E-state index in [0.717, 1.165) is 33.4 Å². The number of nitrogens with one attached hydrogen (secondary N) is 1. The maximum Gasteiger partial charge on any atom is 0.339 e. The van der Waals surface area contributed by atoms with Crippen LogP contribution in [0.15, 0.2) is 54.7 Å². The van der Waals surface area contributed by atoms with Gasteiger partial charge in [0.25, 0.3) is 0 Å². The third-order valence-corrected chi connectivity index (χ3v) is 6.36. The van der Waals surface area contributed by atoms with Gasteiger partial charge in [0.1, 0.15) is 0 Å². The minimum absolute atomic E-state index is 0.0253. The number of nitrogens with zero attached hydrogens (tertiary/aromatic N) is 3. The first-order chi connectivity index (χ1) is 15.3. The summed E-state index contributed by atoms with van der Waals surface area (Å²) in [4.78, 5) is 19.3. The van der Waals surface area contributed by atoms with E-state index in [-0.39, 0.29) is 24.1 Å². The van der Waals surface area contributed by atoms with E-state index in [2.05, 4.69) is 53.5 Å². The van der Waals surface area contributed by atoms with Crippen molar-refractivity contribution in [2.24, 2.45) is 0 Å². The molecule has 166 valence electrons. The van der Waals surface area contributed by atoms with Gasteiger partial charge in [-0.15, -0.1) is 0 Å². The second-order valence-electron chi connectivity index (χ2n) is 8.30. The van der Waals surface area contributed by atoms with Crippen LogP contribution in [0.2, 0.25) is 0 Å². The maximum atomic E-state index is 12.4. The molecule has 1 aromatic carbocycles. The lowest BCUT2D eigenvalue weighted by Crippen LogP contribution is -2.35. The van der Waals surface area contributed by atoms with Crippen LogP contribution in [0.5, 0.6) is 0 Å². The zero-order valence-electron chi connectivity index (χ0n) is 19.0. The monoisotopic (exact) mass is 448 g/mol. The van der Waals surface area contributed by atoms with E-state index >= 15 is 0 Å². The molecule has 2 atom stereocenters. The number of hydrogen-bond donors (Lipinski definition) is 1. The molecule has 0 unspecified atom stereocenters. The van der Waals surface area contributed by atoms with Crippen molar-refractivity contribution in [2.45, 2.75) is 45.8 Å². The van der Waals surface area contributed by atoms with Crippen molar-refractivity contribution < 1.29 is 9.53 Å². The number of esters is 1. The van der Waals surface area contributed by atoms with Crippen molar-refractivity contribution in [2.75, 3.05) is 7.11 Å². The smallest absolute Gasteiger partial charge is 0.339 e. The Morgan fingerprint density at radius 2 is 1.88 bits per heavy atom. The number of methoxy groups -OCH3 is 1. The Hall–Kier alpha value is -3.19. The number of carbonyl (C=O) groups is 1. The summed E-state index contributed by atoms with van der Waals surface area (Å²) >= 11 is 5.74. The Bertz CT molecular complexity index is 1160. The lowest BCUT2D eigenvalue weighted by Gasteiger charge is -2.31. The van der Waals surface area contributed by atoms with E-state index < -0.39 is 0 Å². The molecule has 0 aliphatic carbocycles. The van der Waals surface area contributed by atoms with E-state index in [1.54, 1.807) is 6.07 Å². The summed E-state index contributed by atoms with van der Waals surface area (Å²) in [7, 11) is 1.41. The minimum atomic E-state index is -0.353. The van der Waals surface area contributed by atoms with E-state index in [1.807, 2.05) is 42.6 Å². The number of pyridine rings is 1. The molecule has 3 aromatic rings. The van der Waals surface area contributed by atoms with Crippen LogP contribution in [-0.4, -0.2) is 38.7 Å². The first-order valence-corrected chi connectivity index (χ1v) is 11.1. The normalized spacial score (nSPS) is 18.2. The third-order valence-electron chi connectivity index (χ3n) is 6.03. The fourth-order valence-corrected chi connectivity index (χ4v) is 5.11. The Morgan fingerprint density at radius 3 is 2.53 bits per heavy atom. The fourth-order valence-electron chi connectivity index (χ4n) is 4.66. The summed E-state index contributed by atoms with van der Waals surface area (Å²) in [5.41, 5.74) is 5.53. The van der Waals surface area contributed by atoms with Crippen molar-refractivity contribution in [3.8, 4) is 5.69 Å². The molecule has 1 fully saturated rings. The number of aromatic nitrogens is 2. The summed E-state index contributed by atoms with van der Waals surface area (Å²) in [6.07, 6.45) is 1.81. The molecule has 7 heteroatoms. The molecule has 0 radical (unpaired) electrons. The summed E-state index contributed by atoms with van der Waals surface area (Å²) in [6.45, 7) is 8.44. The summed E-state index contributed by atoms with van der Waals surface area (Å²) in [5, 5.41) is 4.22. The predicted molar refractivity (Wildman–Crippen MR) is 129 cm³/mol. The first-order valence-electron chi connectivity index (χ1n) is 10.7. The summed E-state index contributed by atoms with van der Waals surface area (Å²) in [5.74, 6) is -0.353. The molecular formula is C25H28N4O2S. The van der Waals surface area contributed by atoms with Gasteiger partial charge in [-0.05, 0) is 75.8 Å². The SMILES string of the molecule is COC(=O)c1ccccc1-n1c(C)cc([C@H]2[C@@H](c3ccccn3)NC(=S)N2C(C)C)c1C. The number of carbonyl (C=O) groups excluding carboxylic acids is 1. The Labute approximate surface area is 194 Å². The molecule has 0 spiro atoms. The summed E-state index contributed by atoms with van der Waals surface area (Å²) in [6, 6.07) is 15.8. The van der Waals surface area contributed by atoms with Crippen LogP contribution in [0.25, 0.3) is 5.69 Å². The molecule has 1 aliphatic rings. The van der Waals surface area contributed by atoms with Crippen LogP contribution in [-0.2, 0) is 4.74 Å². The quantitative estimate of drug-likeness (QED) is 0.453. The second kappa shape index (κ2) is 8.74. The van der Waals surface area contributed by atoms with Crippen LogP contribution in [0.4, 0.5) is 0 Å². The van der Waals surface area contributed by atoms with Gasteiger partial charge in [-0.2, -0.15) is 0 Å². The zero-order valence-corrected chi connectivity index (χ0v) is 19.8. The van der Waals surface area contributed by atoms with Gasteiger partial charge < -0.3 is 19.5 Å². The summed E-state index contributed by atoms with van der Waals surface area (Å²) < 4.78 is 7.15. The zero-order chi connectivity index (χ0) is 23.0. The molecule has 6 nitrogen and oxygen atoms in total. The van der Waals surface area contributed by atoms with Crippen molar-refractivity contribution in [3.63, 3.8) is 0 Å². The molecule has 0 saturated carbocycles. The van der Waals surface area contributed by atoms with Crippen LogP contribution < -0.4 is 5.32 Å². The number of benzene rings is 1. The largest absolute Gasteiger partial charge is 0.465 e. The second-order valence-corrected chi connectivity index (χ2v) is 8.68. The lowest BCUT2D eigenvalue weighted by molar-refractivity contribution is 0.0600. The van der Waals surface area contributed by atoms with Gasteiger partial charge in [0.15, 0.2) is 5.11 Å². The van der Waals surface area contributed by atoms with Crippen molar-refractivity contribution in [1.82, 2.24) is 19.8 Å². The molecule has 1 N–H and O–H groups in total. The van der Waals surface area contributed by atoms with Gasteiger partial charge in [0, 0.05) is 23.6 Å². The van der Waals surface area contributed by atoms with Gasteiger partial charge in [0.2, 0.25) is 0 Å². The van der Waals surface area contributed by atoms with Crippen molar-refractivity contribution in [1.29, 1.82) is 0 Å². The fraction of sp³-hybridized carbons (Fsp3) is 0.320. The van der Waals surface area contributed by atoms with Gasteiger partial charge in [-0.25, -0.2) is 4.79 Å². The van der Waals surface area contributed by atoms with Gasteiger partial charge in [-0.3, -0.25) is 4.98 Å². The Morgan fingerprint density at radius 1 is 1.16 bits per heavy atom. The third kappa shape index (κ3) is 3.66. The maximum absolute atomic E-state index is 12.4. The highest BCUT2D eigenvalue weighted by Crippen LogP contribution is 2.42. The number of aryl methyl sites for hydroxylation is 1. The standard InChI is InChI=1S/C25H28N4O2S/c1-15(2)28-23(22(27-25(28)32)20-11-8-9-13-26-20)19-14-16(3)29(17(19)4)21-12-7-6-10-18(21)24(30)31-5/h6-15,22-23H,1-5H3,(H,27,32)/t22-,23+/m1/s1. The molecule has 0 bridgehead atoms. The van der Waals surface area contributed by atoms with Crippen LogP contribution in [0, 0.1) is 13.8 Å². The average Bonchev–Trinajstić information content (AvgIpc) is 3.29. The molecule has 3 heterocycles. The molecule has 2 aromatic heterocycles. The minimum Gasteiger partial charge on any atom is -0.465 e. The highest BCUT2D eigenvalue weighted by atomic mass is 32.1. The van der Waals surface area contributed by atoms with Gasteiger partial charge in [-0.1, -0.05) is 18.2 Å². The van der Waals surface area contributed by atoms with Crippen LogP contribution >= 0.6 is 12.2 Å². The topological polar surface area (TPSA) is 59.4 Å². The molecule has 0 amide bonds. The Kier molecular flexibility index (Phi) is 6.02. The number of para-hydroxylation sites is 1. The van der Waals surface area contributed by atoms with Crippen molar-refractivity contribution >= 4 is 23.3 Å². The first kappa shape index (κ1) is 22.0. The lowest BCUT2D eigenvalue weighted by atomic mass is 9.96. The Balaban J connectivity index is 1.88. The molecule has 1 aliphatic heterocycles. The van der Waals surface area contributed by atoms with E-state index in [4.69, 9.17) is 17.0 Å². The van der Waals surface area contributed by atoms with E-state index in [1.165, 1.54) is 7.11 Å². The number of hydrogen-bond acceptors (Lipinski definition) is 4. The molecule has 1 saturated heterocycles. The molecule has 32 heavy (non-hydrogen) atoms.